The number of rotatable bonds is 70. The molecule has 0 aromatic rings. The van der Waals surface area contributed by atoms with Crippen LogP contribution in [0.5, 0.6) is 0 Å². The standard InChI is InChI=1S/C69H134O17P2/c1-5-9-13-17-21-25-27-29-30-31-32-33-35-37-40-44-48-52-56-69(74)86-65(60-80-67(72)54-50-46-42-39-36-34-28-26-22-18-14-10-6-2)62-84-88(77,78)82-58-63(70)57-81-87(75,76)83-61-64(59-79-66(71)53-49-45-41-24-20-16-12-8-4)85-68(73)55-51-47-43-38-23-19-15-11-7-3/h63-65,70H,5-62H2,1-4H3,(H,75,76)(H,77,78)/t63-,64+,65+/m0/s1. The summed E-state index contributed by atoms with van der Waals surface area (Å²) < 4.78 is 68.1. The third-order valence-corrected chi connectivity index (χ3v) is 18.0. The van der Waals surface area contributed by atoms with Crippen molar-refractivity contribution >= 4 is 39.5 Å². The van der Waals surface area contributed by atoms with Crippen LogP contribution in [0.3, 0.4) is 0 Å². The first kappa shape index (κ1) is 86.1. The number of hydrogen-bond donors (Lipinski definition) is 3. The zero-order chi connectivity index (χ0) is 64.7. The summed E-state index contributed by atoms with van der Waals surface area (Å²) in [6.45, 7) is 4.90. The third kappa shape index (κ3) is 62.8. The maximum absolute atomic E-state index is 13.0. The van der Waals surface area contributed by atoms with Crippen molar-refractivity contribution in [3.05, 3.63) is 0 Å². The first-order valence-electron chi connectivity index (χ1n) is 36.3. The highest BCUT2D eigenvalue weighted by molar-refractivity contribution is 7.47. The molecule has 0 fully saturated rings. The van der Waals surface area contributed by atoms with Gasteiger partial charge in [-0.15, -0.1) is 0 Å². The van der Waals surface area contributed by atoms with Gasteiger partial charge in [0, 0.05) is 25.7 Å². The molecule has 0 saturated heterocycles. The van der Waals surface area contributed by atoms with E-state index in [-0.39, 0.29) is 25.7 Å². The van der Waals surface area contributed by atoms with E-state index in [9.17, 15) is 43.2 Å². The van der Waals surface area contributed by atoms with Gasteiger partial charge in [0.05, 0.1) is 26.4 Å². The van der Waals surface area contributed by atoms with Crippen LogP contribution in [-0.4, -0.2) is 96.7 Å². The highest BCUT2D eigenvalue weighted by Crippen LogP contribution is 2.45. The fourth-order valence-corrected chi connectivity index (χ4v) is 12.1. The number of phosphoric acid groups is 2. The fraction of sp³-hybridized carbons (Fsp3) is 0.942. The summed E-state index contributed by atoms with van der Waals surface area (Å²) in [6, 6.07) is 0. The second-order valence-corrected chi connectivity index (χ2v) is 27.8. The minimum Gasteiger partial charge on any atom is -0.462 e. The molecule has 3 N–H and O–H groups in total. The van der Waals surface area contributed by atoms with Gasteiger partial charge in [0.2, 0.25) is 0 Å². The minimum absolute atomic E-state index is 0.106. The average Bonchev–Trinajstić information content (AvgIpc) is 3.72. The summed E-state index contributed by atoms with van der Waals surface area (Å²) in [5.74, 6) is -2.13. The minimum atomic E-state index is -4.95. The van der Waals surface area contributed by atoms with E-state index in [0.717, 1.165) is 96.3 Å². The molecule has 0 aromatic carbocycles. The molecule has 0 heterocycles. The lowest BCUT2D eigenvalue weighted by Crippen LogP contribution is -2.30. The summed E-state index contributed by atoms with van der Waals surface area (Å²) in [4.78, 5) is 72.3. The number of carbonyl (C=O) groups excluding carboxylic acids is 4. The van der Waals surface area contributed by atoms with Gasteiger partial charge in [-0.3, -0.25) is 37.3 Å². The number of phosphoric ester groups is 2. The van der Waals surface area contributed by atoms with Gasteiger partial charge < -0.3 is 33.8 Å². The van der Waals surface area contributed by atoms with Crippen LogP contribution in [0.4, 0.5) is 0 Å². The van der Waals surface area contributed by atoms with E-state index in [4.69, 9.17) is 37.0 Å². The van der Waals surface area contributed by atoms with E-state index in [2.05, 4.69) is 27.7 Å². The molecule has 0 saturated carbocycles. The molecule has 2 unspecified atom stereocenters. The summed E-state index contributed by atoms with van der Waals surface area (Å²) in [5.41, 5.74) is 0. The Labute approximate surface area is 537 Å². The molecule has 19 heteroatoms. The Morgan fingerprint density at radius 2 is 0.455 bits per heavy atom. The highest BCUT2D eigenvalue weighted by atomic mass is 31.2. The van der Waals surface area contributed by atoms with Crippen molar-refractivity contribution in [2.24, 2.45) is 0 Å². The van der Waals surface area contributed by atoms with Gasteiger partial charge in [0.1, 0.15) is 19.3 Å². The molecule has 5 atom stereocenters. The molecule has 522 valence electrons. The topological polar surface area (TPSA) is 237 Å². The van der Waals surface area contributed by atoms with Crippen molar-refractivity contribution in [3.63, 3.8) is 0 Å². The van der Waals surface area contributed by atoms with Crippen molar-refractivity contribution < 1.29 is 80.2 Å². The quantitative estimate of drug-likeness (QED) is 0.0222. The van der Waals surface area contributed by atoms with Gasteiger partial charge in [-0.1, -0.05) is 310 Å². The second kappa shape index (κ2) is 63.8. The first-order chi connectivity index (χ1) is 42.7. The van der Waals surface area contributed by atoms with Crippen LogP contribution in [-0.2, 0) is 65.4 Å². The van der Waals surface area contributed by atoms with E-state index < -0.39 is 97.5 Å². The predicted octanol–water partition coefficient (Wildman–Crippen LogP) is 19.9. The molecular formula is C69H134O17P2. The predicted molar refractivity (Wildman–Crippen MR) is 354 cm³/mol. The zero-order valence-corrected chi connectivity index (χ0v) is 58.5. The molecule has 0 bridgehead atoms. The fourth-order valence-electron chi connectivity index (χ4n) is 10.5. The molecule has 0 aliphatic rings. The zero-order valence-electron chi connectivity index (χ0n) is 56.7. The van der Waals surface area contributed by atoms with Crippen LogP contribution in [0.1, 0.15) is 362 Å². The monoisotopic (exact) mass is 1300 g/mol. The van der Waals surface area contributed by atoms with E-state index >= 15 is 0 Å². The largest absolute Gasteiger partial charge is 0.472 e. The normalized spacial score (nSPS) is 14.0. The van der Waals surface area contributed by atoms with Crippen molar-refractivity contribution in [2.45, 2.75) is 380 Å². The summed E-state index contributed by atoms with van der Waals surface area (Å²) >= 11 is 0. The molecule has 17 nitrogen and oxygen atoms in total. The van der Waals surface area contributed by atoms with Crippen molar-refractivity contribution in [1.29, 1.82) is 0 Å². The molecule has 88 heavy (non-hydrogen) atoms. The number of aliphatic hydroxyl groups excluding tert-OH is 1. The second-order valence-electron chi connectivity index (χ2n) is 24.9. The summed E-state index contributed by atoms with van der Waals surface area (Å²) in [7, 11) is -9.89. The lowest BCUT2D eigenvalue weighted by molar-refractivity contribution is -0.161. The number of hydrogen-bond acceptors (Lipinski definition) is 15. The molecule has 0 aromatic heterocycles. The number of esters is 4. The molecule has 0 radical (unpaired) electrons. The van der Waals surface area contributed by atoms with Crippen LogP contribution in [0, 0.1) is 0 Å². The Hall–Kier alpha value is -1.94. The number of ether oxygens (including phenoxy) is 4. The van der Waals surface area contributed by atoms with Gasteiger partial charge in [-0.2, -0.15) is 0 Å². The van der Waals surface area contributed by atoms with Gasteiger partial charge in [-0.05, 0) is 25.7 Å². The third-order valence-electron chi connectivity index (χ3n) is 16.1. The SMILES string of the molecule is CCCCCCCCCCCCCCCCCCCCC(=O)O[C@H](COC(=O)CCCCCCCCCCCCCCC)COP(=O)(O)OC[C@@H](O)COP(=O)(O)OC[C@@H](COC(=O)CCCCCCCCCC)OC(=O)CCCCCCCCCCC. The smallest absolute Gasteiger partial charge is 0.462 e. The van der Waals surface area contributed by atoms with Gasteiger partial charge >= 0.3 is 39.5 Å². The van der Waals surface area contributed by atoms with Crippen LogP contribution < -0.4 is 0 Å². The van der Waals surface area contributed by atoms with Crippen molar-refractivity contribution in [2.75, 3.05) is 39.6 Å². The summed E-state index contributed by atoms with van der Waals surface area (Å²) in [6.07, 6.45) is 51.4. The summed E-state index contributed by atoms with van der Waals surface area (Å²) in [5, 5.41) is 10.6. The molecule has 0 aliphatic carbocycles. The van der Waals surface area contributed by atoms with Gasteiger partial charge in [0.25, 0.3) is 0 Å². The lowest BCUT2D eigenvalue weighted by atomic mass is 10.0. The van der Waals surface area contributed by atoms with Crippen molar-refractivity contribution in [1.82, 2.24) is 0 Å². The maximum Gasteiger partial charge on any atom is 0.472 e. The van der Waals surface area contributed by atoms with E-state index in [0.29, 0.717) is 25.7 Å². The Bertz CT molecular complexity index is 1690. The Morgan fingerprint density at radius 3 is 0.670 bits per heavy atom. The number of unbranched alkanes of at least 4 members (excludes halogenated alkanes) is 44. The van der Waals surface area contributed by atoms with Crippen LogP contribution in [0.2, 0.25) is 0 Å². The Morgan fingerprint density at radius 1 is 0.273 bits per heavy atom. The van der Waals surface area contributed by atoms with E-state index in [1.807, 2.05) is 0 Å². The number of carbonyl (C=O) groups is 4. The van der Waals surface area contributed by atoms with E-state index in [1.165, 1.54) is 186 Å². The van der Waals surface area contributed by atoms with Gasteiger partial charge in [-0.25, -0.2) is 9.13 Å². The van der Waals surface area contributed by atoms with Crippen LogP contribution in [0.15, 0.2) is 0 Å². The average molecular weight is 1300 g/mol. The molecule has 0 amide bonds. The Balaban J connectivity index is 5.18. The van der Waals surface area contributed by atoms with E-state index in [1.54, 1.807) is 0 Å². The van der Waals surface area contributed by atoms with Crippen molar-refractivity contribution in [3.8, 4) is 0 Å². The maximum atomic E-state index is 13.0. The Kier molecular flexibility index (Phi) is 62.4. The highest BCUT2D eigenvalue weighted by Gasteiger charge is 2.30. The lowest BCUT2D eigenvalue weighted by Gasteiger charge is -2.21. The van der Waals surface area contributed by atoms with Gasteiger partial charge in [0.15, 0.2) is 12.2 Å². The molecular weight excluding hydrogens is 1160 g/mol. The first-order valence-corrected chi connectivity index (χ1v) is 39.3. The molecule has 0 rings (SSSR count). The molecule has 0 spiro atoms. The van der Waals surface area contributed by atoms with Crippen LogP contribution in [0.25, 0.3) is 0 Å². The number of aliphatic hydroxyl groups is 1. The van der Waals surface area contributed by atoms with Crippen LogP contribution >= 0.6 is 15.6 Å². The molecule has 0 aliphatic heterocycles.